The molecule has 0 radical (unpaired) electrons. The van der Waals surface area contributed by atoms with Crippen LogP contribution in [-0.4, -0.2) is 25.8 Å². The lowest BCUT2D eigenvalue weighted by molar-refractivity contribution is 0.00411. The van der Waals surface area contributed by atoms with Crippen molar-refractivity contribution in [2.24, 2.45) is 7.05 Å². The SMILES string of the molecule is Cc1nc2c(-c3ccc(Cl)cc3F)cc([C@@H]3CCO[C@H](c4ccc(=O)n(C)c4)C3)nn2c(=O)c1C. The fourth-order valence-corrected chi connectivity index (χ4v) is 4.69. The normalized spacial score (nSPS) is 18.2. The topological polar surface area (TPSA) is 78.5 Å². The summed E-state index contributed by atoms with van der Waals surface area (Å²) in [5, 5.41) is 4.96. The minimum atomic E-state index is -0.501. The highest BCUT2D eigenvalue weighted by Crippen LogP contribution is 2.38. The van der Waals surface area contributed by atoms with Crippen LogP contribution in [0.25, 0.3) is 16.8 Å². The third kappa shape index (κ3) is 4.28. The van der Waals surface area contributed by atoms with Gasteiger partial charge < -0.3 is 9.30 Å². The summed E-state index contributed by atoms with van der Waals surface area (Å²) in [6.07, 6.45) is 2.84. The molecule has 3 aromatic heterocycles. The molecule has 9 heteroatoms. The number of benzene rings is 1. The Labute approximate surface area is 205 Å². The van der Waals surface area contributed by atoms with Crippen LogP contribution >= 0.6 is 11.6 Å². The Hall–Kier alpha value is -3.36. The lowest BCUT2D eigenvalue weighted by Crippen LogP contribution is -2.26. The van der Waals surface area contributed by atoms with Gasteiger partial charge in [0.05, 0.1) is 11.8 Å². The van der Waals surface area contributed by atoms with Crippen molar-refractivity contribution >= 4 is 17.2 Å². The predicted molar refractivity (Wildman–Crippen MR) is 131 cm³/mol. The van der Waals surface area contributed by atoms with Crippen molar-refractivity contribution in [2.75, 3.05) is 6.61 Å². The van der Waals surface area contributed by atoms with Gasteiger partial charge in [-0.25, -0.2) is 9.37 Å². The van der Waals surface area contributed by atoms with Crippen LogP contribution in [0.5, 0.6) is 0 Å². The molecule has 4 heterocycles. The van der Waals surface area contributed by atoms with Gasteiger partial charge in [-0.2, -0.15) is 9.61 Å². The summed E-state index contributed by atoms with van der Waals surface area (Å²) >= 11 is 5.98. The van der Waals surface area contributed by atoms with Gasteiger partial charge in [0.1, 0.15) is 5.82 Å². The van der Waals surface area contributed by atoms with Gasteiger partial charge in [-0.1, -0.05) is 11.6 Å². The van der Waals surface area contributed by atoms with Crippen molar-refractivity contribution < 1.29 is 9.13 Å². The lowest BCUT2D eigenvalue weighted by atomic mass is 9.89. The summed E-state index contributed by atoms with van der Waals surface area (Å²) in [5.41, 5.74) is 3.31. The molecule has 0 unspecified atom stereocenters. The number of hydrogen-bond acceptors (Lipinski definition) is 5. The molecule has 0 aliphatic carbocycles. The van der Waals surface area contributed by atoms with E-state index < -0.39 is 5.82 Å². The van der Waals surface area contributed by atoms with Crippen molar-refractivity contribution in [1.82, 2.24) is 19.2 Å². The van der Waals surface area contributed by atoms with Crippen LogP contribution in [0.1, 0.15) is 47.4 Å². The standard InChI is InChI=1S/C26H24ClFN4O3/c1-14-15(2)29-25-20(19-6-5-18(27)11-21(19)28)12-22(30-32(25)26(14)34)16-8-9-35-23(10-16)17-4-7-24(33)31(3)13-17/h4-7,11-13,16,23H,8-10H2,1-3H3/t16-,23+/m1/s1. The number of hydrogen-bond donors (Lipinski definition) is 0. The quantitative estimate of drug-likeness (QED) is 0.419. The molecule has 5 rings (SSSR count). The summed E-state index contributed by atoms with van der Waals surface area (Å²) in [6, 6.07) is 9.56. The van der Waals surface area contributed by atoms with Gasteiger partial charge in [0.25, 0.3) is 5.56 Å². The van der Waals surface area contributed by atoms with Crippen molar-refractivity contribution in [1.29, 1.82) is 0 Å². The van der Waals surface area contributed by atoms with Gasteiger partial charge in [-0.05, 0) is 62.6 Å². The summed E-state index contributed by atoms with van der Waals surface area (Å²) in [6.45, 7) is 3.95. The van der Waals surface area contributed by atoms with Gasteiger partial charge in [0.15, 0.2) is 5.65 Å². The molecule has 1 aliphatic heterocycles. The van der Waals surface area contributed by atoms with E-state index in [0.29, 0.717) is 53.2 Å². The molecule has 7 nitrogen and oxygen atoms in total. The van der Waals surface area contributed by atoms with Crippen LogP contribution in [0.4, 0.5) is 4.39 Å². The molecule has 0 spiro atoms. The highest BCUT2D eigenvalue weighted by molar-refractivity contribution is 6.30. The molecular weight excluding hydrogens is 471 g/mol. The Morgan fingerprint density at radius 3 is 2.66 bits per heavy atom. The number of aryl methyl sites for hydroxylation is 2. The Morgan fingerprint density at radius 2 is 1.91 bits per heavy atom. The van der Waals surface area contributed by atoms with Crippen LogP contribution in [0.15, 0.2) is 52.2 Å². The van der Waals surface area contributed by atoms with E-state index in [4.69, 9.17) is 16.3 Å². The van der Waals surface area contributed by atoms with Crippen molar-refractivity contribution in [2.45, 2.75) is 38.7 Å². The van der Waals surface area contributed by atoms with E-state index >= 15 is 4.39 Å². The number of ether oxygens (including phenoxy) is 1. The van der Waals surface area contributed by atoms with E-state index in [1.165, 1.54) is 21.2 Å². The zero-order valence-corrected chi connectivity index (χ0v) is 20.3. The smallest absolute Gasteiger partial charge is 0.277 e. The van der Waals surface area contributed by atoms with Crippen molar-refractivity contribution in [3.8, 4) is 11.1 Å². The van der Waals surface area contributed by atoms with E-state index in [2.05, 4.69) is 10.1 Å². The maximum atomic E-state index is 15.0. The molecule has 4 aromatic rings. The Kier molecular flexibility index (Phi) is 6.02. The second-order valence-corrected chi connectivity index (χ2v) is 9.40. The second-order valence-electron chi connectivity index (χ2n) is 8.96. The number of pyridine rings is 1. The highest BCUT2D eigenvalue weighted by atomic mass is 35.5. The number of fused-ring (bicyclic) bond motifs is 1. The second kappa shape index (κ2) is 9.02. The first-order valence-corrected chi connectivity index (χ1v) is 11.8. The van der Waals surface area contributed by atoms with E-state index in [0.717, 1.165) is 5.56 Å². The Bertz CT molecular complexity index is 1580. The molecule has 1 fully saturated rings. The summed E-state index contributed by atoms with van der Waals surface area (Å²) < 4.78 is 23.8. The fourth-order valence-electron chi connectivity index (χ4n) is 4.53. The summed E-state index contributed by atoms with van der Waals surface area (Å²) in [5.74, 6) is -0.544. The maximum absolute atomic E-state index is 15.0. The number of halogens is 2. The van der Waals surface area contributed by atoms with Crippen LogP contribution in [0, 0.1) is 19.7 Å². The molecule has 1 saturated heterocycles. The molecule has 0 bridgehead atoms. The van der Waals surface area contributed by atoms with Crippen LogP contribution in [0.2, 0.25) is 5.02 Å². The lowest BCUT2D eigenvalue weighted by Gasteiger charge is -2.30. The third-order valence-electron chi connectivity index (χ3n) is 6.68. The predicted octanol–water partition coefficient (Wildman–Crippen LogP) is 4.50. The molecule has 35 heavy (non-hydrogen) atoms. The molecule has 2 atom stereocenters. The molecule has 1 aromatic carbocycles. The Balaban J connectivity index is 1.65. The zero-order chi connectivity index (χ0) is 24.9. The molecule has 0 amide bonds. The minimum absolute atomic E-state index is 0.0435. The average molecular weight is 495 g/mol. The fraction of sp³-hybridized carbons (Fsp3) is 0.308. The van der Waals surface area contributed by atoms with Gasteiger partial charge in [-0.3, -0.25) is 9.59 Å². The number of rotatable bonds is 3. The zero-order valence-electron chi connectivity index (χ0n) is 19.6. The van der Waals surface area contributed by atoms with E-state index in [1.54, 1.807) is 45.3 Å². The first kappa shape index (κ1) is 23.4. The van der Waals surface area contributed by atoms with Gasteiger partial charge in [-0.15, -0.1) is 0 Å². The van der Waals surface area contributed by atoms with Crippen LogP contribution in [-0.2, 0) is 11.8 Å². The van der Waals surface area contributed by atoms with Crippen molar-refractivity contribution in [3.05, 3.63) is 96.7 Å². The van der Waals surface area contributed by atoms with E-state index in [-0.39, 0.29) is 28.2 Å². The van der Waals surface area contributed by atoms with E-state index in [9.17, 15) is 9.59 Å². The average Bonchev–Trinajstić information content (AvgIpc) is 2.84. The number of aromatic nitrogens is 4. The van der Waals surface area contributed by atoms with Crippen LogP contribution < -0.4 is 11.1 Å². The largest absolute Gasteiger partial charge is 0.373 e. The highest BCUT2D eigenvalue weighted by Gasteiger charge is 2.28. The molecule has 0 saturated carbocycles. The molecule has 180 valence electrons. The van der Waals surface area contributed by atoms with Gasteiger partial charge in [0.2, 0.25) is 5.56 Å². The van der Waals surface area contributed by atoms with Crippen molar-refractivity contribution in [3.63, 3.8) is 0 Å². The monoisotopic (exact) mass is 494 g/mol. The third-order valence-corrected chi connectivity index (χ3v) is 6.92. The summed E-state index contributed by atoms with van der Waals surface area (Å²) in [7, 11) is 1.70. The van der Waals surface area contributed by atoms with E-state index in [1.807, 2.05) is 6.07 Å². The number of nitrogens with zero attached hydrogens (tertiary/aromatic N) is 4. The molecule has 0 N–H and O–H groups in total. The molecule has 1 aliphatic rings. The molecular formula is C26H24ClFN4O3. The maximum Gasteiger partial charge on any atom is 0.277 e. The first-order valence-electron chi connectivity index (χ1n) is 11.4. The van der Waals surface area contributed by atoms with Gasteiger partial charge in [0, 0.05) is 59.2 Å². The van der Waals surface area contributed by atoms with Gasteiger partial charge >= 0.3 is 0 Å². The van der Waals surface area contributed by atoms with Crippen LogP contribution in [0.3, 0.4) is 0 Å². The first-order chi connectivity index (χ1) is 16.7. The summed E-state index contributed by atoms with van der Waals surface area (Å²) in [4.78, 5) is 29.5. The minimum Gasteiger partial charge on any atom is -0.373 e. The Morgan fingerprint density at radius 1 is 1.11 bits per heavy atom.